The fraction of sp³-hybridized carbons (Fsp3) is 0.579. The summed E-state index contributed by atoms with van der Waals surface area (Å²) in [6.45, 7) is 5.41. The average molecular weight is 412 g/mol. The fourth-order valence-corrected chi connectivity index (χ4v) is 3.48. The molecule has 0 aromatic heterocycles. The lowest BCUT2D eigenvalue weighted by atomic mass is 9.91. The zero-order chi connectivity index (χ0) is 20.9. The van der Waals surface area contributed by atoms with Crippen molar-refractivity contribution in [1.29, 1.82) is 0 Å². The monoisotopic (exact) mass is 412 g/mol. The molecule has 28 heavy (non-hydrogen) atoms. The van der Waals surface area contributed by atoms with Gasteiger partial charge in [0.05, 0.1) is 11.1 Å². The molecule has 1 atom stereocenters. The third-order valence-electron chi connectivity index (χ3n) is 4.82. The summed E-state index contributed by atoms with van der Waals surface area (Å²) in [6, 6.07) is -0.744. The van der Waals surface area contributed by atoms with Crippen molar-refractivity contribution in [3.63, 3.8) is 0 Å². The van der Waals surface area contributed by atoms with Crippen LogP contribution in [0.4, 0.5) is 30.7 Å². The lowest BCUT2D eigenvalue weighted by Crippen LogP contribution is -2.45. The van der Waals surface area contributed by atoms with Crippen LogP contribution in [-0.2, 0) is 12.4 Å². The molecule has 0 saturated carbocycles. The third kappa shape index (κ3) is 5.70. The molecule has 0 radical (unpaired) electrons. The van der Waals surface area contributed by atoms with Crippen LogP contribution in [0.5, 0.6) is 0 Å². The number of hydrogen-bond donors (Lipinski definition) is 1. The van der Waals surface area contributed by atoms with Gasteiger partial charge < -0.3 is 5.32 Å². The van der Waals surface area contributed by atoms with Gasteiger partial charge in [-0.2, -0.15) is 26.3 Å². The molecule has 1 aromatic rings. The Morgan fingerprint density at radius 3 is 2.21 bits per heavy atom. The summed E-state index contributed by atoms with van der Waals surface area (Å²) in [7, 11) is 0. The zero-order valence-corrected chi connectivity index (χ0v) is 15.3. The molecule has 9 heteroatoms. The van der Waals surface area contributed by atoms with E-state index in [9.17, 15) is 30.7 Å². The molecule has 0 amide bonds. The molecular formula is C19H23F7N2. The lowest BCUT2D eigenvalue weighted by molar-refractivity contribution is -0.144. The second-order valence-electron chi connectivity index (χ2n) is 6.79. The normalized spacial score (nSPS) is 17.5. The molecule has 1 fully saturated rings. The van der Waals surface area contributed by atoms with Crippen molar-refractivity contribution >= 4 is 0 Å². The quantitative estimate of drug-likeness (QED) is 0.359. The predicted octanol–water partition coefficient (Wildman–Crippen LogP) is 5.56. The number of hydrogen-bond acceptors (Lipinski definition) is 2. The van der Waals surface area contributed by atoms with Gasteiger partial charge in [-0.3, -0.25) is 4.90 Å². The number of piperazine rings is 1. The van der Waals surface area contributed by atoms with Crippen LogP contribution in [0.3, 0.4) is 0 Å². The largest absolute Gasteiger partial charge is 0.416 e. The third-order valence-corrected chi connectivity index (χ3v) is 4.82. The summed E-state index contributed by atoms with van der Waals surface area (Å²) in [6.07, 6.45) is -6.42. The van der Waals surface area contributed by atoms with Crippen LogP contribution in [0.25, 0.3) is 0 Å². The molecule has 1 aromatic carbocycles. The molecule has 1 saturated heterocycles. The van der Waals surface area contributed by atoms with Gasteiger partial charge >= 0.3 is 12.4 Å². The number of benzene rings is 1. The van der Waals surface area contributed by atoms with E-state index >= 15 is 0 Å². The highest BCUT2D eigenvalue weighted by Gasteiger charge is 2.42. The maximum Gasteiger partial charge on any atom is 0.416 e. The minimum atomic E-state index is -5.09. The van der Waals surface area contributed by atoms with Crippen LogP contribution in [0.15, 0.2) is 24.8 Å². The van der Waals surface area contributed by atoms with Crippen molar-refractivity contribution in [1.82, 2.24) is 10.2 Å². The molecule has 1 aliphatic rings. The Balaban J connectivity index is 2.51. The number of unbranched alkanes of at least 4 members (excludes halogenated alkanes) is 2. The highest BCUT2D eigenvalue weighted by atomic mass is 19.4. The van der Waals surface area contributed by atoms with Crippen molar-refractivity contribution in [2.45, 2.75) is 44.1 Å². The first-order valence-corrected chi connectivity index (χ1v) is 9.09. The number of nitrogens with one attached hydrogen (secondary N) is 1. The van der Waals surface area contributed by atoms with Gasteiger partial charge in [0, 0.05) is 37.8 Å². The lowest BCUT2D eigenvalue weighted by Gasteiger charge is -2.36. The molecule has 1 N–H and O–H groups in total. The molecule has 1 aliphatic heterocycles. The smallest absolute Gasteiger partial charge is 0.314 e. The molecule has 0 unspecified atom stereocenters. The Kier molecular flexibility index (Phi) is 7.50. The van der Waals surface area contributed by atoms with Gasteiger partial charge in [-0.25, -0.2) is 4.39 Å². The molecule has 1 heterocycles. The number of nitrogens with zero attached hydrogens (tertiary/aromatic N) is 1. The standard InChI is InChI=1S/C19H23F7N2/c1-2-3-4-5-6-16(28-9-7-27-8-10-28)17-14(19(24,25)26)11-13(12-15(17)20)18(21,22)23/h2,11-12,16,27H,1,3-10H2/t16-/m1/s1. The molecule has 0 bridgehead atoms. The summed E-state index contributed by atoms with van der Waals surface area (Å²) < 4.78 is 94.3. The Labute approximate surface area is 159 Å². The number of alkyl halides is 6. The van der Waals surface area contributed by atoms with E-state index in [1.807, 2.05) is 0 Å². The van der Waals surface area contributed by atoms with Gasteiger partial charge in [-0.1, -0.05) is 12.5 Å². The van der Waals surface area contributed by atoms with E-state index < -0.39 is 40.9 Å². The average Bonchev–Trinajstić information content (AvgIpc) is 2.61. The van der Waals surface area contributed by atoms with E-state index in [0.717, 1.165) is 0 Å². The second-order valence-corrected chi connectivity index (χ2v) is 6.79. The Bertz CT molecular complexity index is 661. The minimum Gasteiger partial charge on any atom is -0.314 e. The van der Waals surface area contributed by atoms with Crippen LogP contribution in [0.1, 0.15) is 48.4 Å². The summed E-state index contributed by atoms with van der Waals surface area (Å²) in [5.74, 6) is -1.46. The van der Waals surface area contributed by atoms with Crippen LogP contribution in [0.2, 0.25) is 0 Å². The highest BCUT2D eigenvalue weighted by Crippen LogP contribution is 2.43. The number of halogens is 7. The molecule has 2 rings (SSSR count). The van der Waals surface area contributed by atoms with Crippen molar-refractivity contribution in [3.8, 4) is 0 Å². The maximum absolute atomic E-state index is 14.7. The topological polar surface area (TPSA) is 15.3 Å². The Morgan fingerprint density at radius 2 is 1.68 bits per heavy atom. The zero-order valence-electron chi connectivity index (χ0n) is 15.3. The number of rotatable bonds is 7. The van der Waals surface area contributed by atoms with E-state index in [4.69, 9.17) is 0 Å². The number of allylic oxidation sites excluding steroid dienone is 1. The van der Waals surface area contributed by atoms with Crippen LogP contribution < -0.4 is 5.32 Å². The first-order chi connectivity index (χ1) is 13.1. The van der Waals surface area contributed by atoms with Crippen LogP contribution in [-0.4, -0.2) is 31.1 Å². The van der Waals surface area contributed by atoms with Crippen molar-refractivity contribution in [2.75, 3.05) is 26.2 Å². The van der Waals surface area contributed by atoms with E-state index in [1.165, 1.54) is 0 Å². The van der Waals surface area contributed by atoms with Crippen molar-refractivity contribution < 1.29 is 30.7 Å². The predicted molar refractivity (Wildman–Crippen MR) is 92.3 cm³/mol. The summed E-state index contributed by atoms with van der Waals surface area (Å²) >= 11 is 0. The Morgan fingerprint density at radius 1 is 1.04 bits per heavy atom. The van der Waals surface area contributed by atoms with Gasteiger partial charge in [-0.15, -0.1) is 6.58 Å². The summed E-state index contributed by atoms with van der Waals surface area (Å²) in [5, 5.41) is 3.07. The molecule has 0 spiro atoms. The van der Waals surface area contributed by atoms with E-state index in [1.54, 1.807) is 11.0 Å². The summed E-state index contributed by atoms with van der Waals surface area (Å²) in [4.78, 5) is 1.71. The van der Waals surface area contributed by atoms with Crippen LogP contribution >= 0.6 is 0 Å². The SMILES string of the molecule is C=CCCCC[C@H](c1c(F)cc(C(F)(F)F)cc1C(F)(F)F)N1CCNCC1. The van der Waals surface area contributed by atoms with Crippen molar-refractivity contribution in [2.24, 2.45) is 0 Å². The van der Waals surface area contributed by atoms with Gasteiger partial charge in [-0.05, 0) is 31.4 Å². The first kappa shape index (κ1) is 22.7. The van der Waals surface area contributed by atoms with Crippen molar-refractivity contribution in [3.05, 3.63) is 47.3 Å². The Hall–Kier alpha value is -1.61. The molecule has 2 nitrogen and oxygen atoms in total. The van der Waals surface area contributed by atoms with E-state index in [0.29, 0.717) is 45.4 Å². The van der Waals surface area contributed by atoms with E-state index in [-0.39, 0.29) is 18.6 Å². The molecular weight excluding hydrogens is 389 g/mol. The van der Waals surface area contributed by atoms with Gasteiger partial charge in [0.25, 0.3) is 0 Å². The first-order valence-electron chi connectivity index (χ1n) is 9.09. The van der Waals surface area contributed by atoms with Gasteiger partial charge in [0.15, 0.2) is 0 Å². The van der Waals surface area contributed by atoms with Gasteiger partial charge in [0.2, 0.25) is 0 Å². The molecule has 0 aliphatic carbocycles. The highest BCUT2D eigenvalue weighted by molar-refractivity contribution is 5.39. The maximum atomic E-state index is 14.7. The second kappa shape index (κ2) is 9.26. The minimum absolute atomic E-state index is 0.0251. The molecule has 158 valence electrons. The van der Waals surface area contributed by atoms with Gasteiger partial charge in [0.1, 0.15) is 5.82 Å². The fourth-order valence-electron chi connectivity index (χ4n) is 3.48. The summed E-state index contributed by atoms with van der Waals surface area (Å²) in [5.41, 5.74) is -3.88. The van der Waals surface area contributed by atoms with E-state index in [2.05, 4.69) is 11.9 Å². The van der Waals surface area contributed by atoms with Crippen LogP contribution in [0, 0.1) is 5.82 Å².